The number of ether oxygens (including phenoxy) is 2. The first kappa shape index (κ1) is 21.9. The van der Waals surface area contributed by atoms with E-state index in [0.29, 0.717) is 17.7 Å². The Hall–Kier alpha value is -3.56. The molecule has 0 saturated heterocycles. The molecule has 1 aromatic heterocycles. The number of aliphatic carboxylic acids is 1. The van der Waals surface area contributed by atoms with Crippen LogP contribution in [0.3, 0.4) is 0 Å². The van der Waals surface area contributed by atoms with Crippen molar-refractivity contribution in [2.24, 2.45) is 5.92 Å². The second-order valence-corrected chi connectivity index (χ2v) is 9.66. The maximum Gasteiger partial charge on any atom is 0.319 e. The second-order valence-electron chi connectivity index (χ2n) is 8.81. The third-order valence-electron chi connectivity index (χ3n) is 6.74. The third-order valence-corrected chi connectivity index (χ3v) is 7.43. The summed E-state index contributed by atoms with van der Waals surface area (Å²) < 4.78 is 12.2. The first-order valence-corrected chi connectivity index (χ1v) is 12.2. The van der Waals surface area contributed by atoms with Crippen LogP contribution in [-0.2, 0) is 4.79 Å². The van der Waals surface area contributed by atoms with Crippen LogP contribution < -0.4 is 25.6 Å². The monoisotopic (exact) mass is 534 g/mol. The largest absolute Gasteiger partial charge is 0.480 e. The minimum absolute atomic E-state index is 0.141. The van der Waals surface area contributed by atoms with Crippen LogP contribution in [0.25, 0.3) is 11.1 Å². The Morgan fingerprint density at radius 2 is 1.94 bits per heavy atom. The van der Waals surface area contributed by atoms with Crippen LogP contribution in [0.2, 0.25) is 0 Å². The van der Waals surface area contributed by atoms with Gasteiger partial charge in [-0.05, 0) is 65.4 Å². The van der Waals surface area contributed by atoms with E-state index in [1.807, 2.05) is 18.2 Å². The van der Waals surface area contributed by atoms with E-state index >= 15 is 0 Å². The van der Waals surface area contributed by atoms with Crippen LogP contribution in [0, 0.1) is 5.92 Å². The molecule has 3 heterocycles. The molecule has 0 bridgehead atoms. The van der Waals surface area contributed by atoms with E-state index < -0.39 is 5.97 Å². The zero-order valence-corrected chi connectivity index (χ0v) is 20.2. The third kappa shape index (κ3) is 4.11. The molecule has 4 N–H and O–H groups in total. The number of aromatic nitrogens is 1. The molecule has 178 valence electrons. The summed E-state index contributed by atoms with van der Waals surface area (Å²) in [5, 5.41) is 12.5. The lowest BCUT2D eigenvalue weighted by Gasteiger charge is -2.38. The van der Waals surface area contributed by atoms with Gasteiger partial charge in [-0.15, -0.1) is 0 Å². The molecule has 9 heteroatoms. The van der Waals surface area contributed by atoms with Crippen LogP contribution in [-0.4, -0.2) is 29.4 Å². The minimum Gasteiger partial charge on any atom is -0.480 e. The van der Waals surface area contributed by atoms with Crippen LogP contribution in [0.1, 0.15) is 29.5 Å². The number of hydrogen-bond acceptors (Lipinski definition) is 7. The zero-order chi connectivity index (χ0) is 23.9. The molecule has 1 aliphatic carbocycles. The van der Waals surface area contributed by atoms with Gasteiger partial charge in [-0.3, -0.25) is 4.79 Å². The summed E-state index contributed by atoms with van der Waals surface area (Å²) in [6.45, 7) is 0.0639. The van der Waals surface area contributed by atoms with Gasteiger partial charge in [0.1, 0.15) is 12.4 Å². The highest BCUT2D eigenvalue weighted by atomic mass is 79.9. The molecule has 3 atom stereocenters. The Morgan fingerprint density at radius 1 is 1.11 bits per heavy atom. The van der Waals surface area contributed by atoms with Crippen molar-refractivity contribution in [2.45, 2.75) is 18.4 Å². The SMILES string of the molecule is O=C(O)CNNc1ccc(-c2ccc3c(c2)C2C=CCC2C(c2cc4c(cc2Br)OCO4)N3)cn1. The standard InChI is InChI=1S/C26H23BrN4O4/c27-20-10-23-22(34-13-35-23)9-19(20)26-17-3-1-2-16(17)18-8-14(4-6-21(18)30-26)15-5-7-24(28-11-15)31-29-12-25(32)33/h1-2,4-11,16-17,26,29-30H,3,12-13H2,(H,28,31)(H,32,33). The molecule has 0 radical (unpaired) electrons. The van der Waals surface area contributed by atoms with Gasteiger partial charge >= 0.3 is 5.97 Å². The number of allylic oxidation sites excluding steroid dienone is 2. The van der Waals surface area contributed by atoms with Gasteiger partial charge < -0.3 is 25.3 Å². The summed E-state index contributed by atoms with van der Waals surface area (Å²) in [6, 6.07) is 14.5. The number of carboxylic acids is 1. The number of nitrogens with zero attached hydrogens (tertiary/aromatic N) is 1. The lowest BCUT2D eigenvalue weighted by Crippen LogP contribution is -2.29. The summed E-state index contributed by atoms with van der Waals surface area (Å²) in [5.74, 6) is 1.88. The molecule has 2 aliphatic heterocycles. The van der Waals surface area contributed by atoms with Crippen LogP contribution in [0.15, 0.2) is 65.3 Å². The van der Waals surface area contributed by atoms with E-state index in [0.717, 1.165) is 39.2 Å². The highest BCUT2D eigenvalue weighted by molar-refractivity contribution is 9.10. The van der Waals surface area contributed by atoms with Gasteiger partial charge in [0.25, 0.3) is 0 Å². The van der Waals surface area contributed by atoms with Crippen molar-refractivity contribution in [3.8, 4) is 22.6 Å². The normalized spacial score (nSPS) is 21.2. The Kier molecular flexibility index (Phi) is 5.58. The van der Waals surface area contributed by atoms with Crippen molar-refractivity contribution in [1.29, 1.82) is 0 Å². The average molecular weight is 535 g/mol. The number of carbonyl (C=O) groups is 1. The average Bonchev–Trinajstić information content (AvgIpc) is 3.53. The van der Waals surface area contributed by atoms with Crippen molar-refractivity contribution >= 4 is 33.4 Å². The Labute approximate surface area is 210 Å². The quantitative estimate of drug-likeness (QED) is 0.256. The molecular weight excluding hydrogens is 512 g/mol. The molecule has 6 rings (SSSR count). The Balaban J connectivity index is 1.27. The molecule has 0 amide bonds. The van der Waals surface area contributed by atoms with Gasteiger partial charge in [0.15, 0.2) is 11.5 Å². The summed E-state index contributed by atoms with van der Waals surface area (Å²) in [7, 11) is 0. The van der Waals surface area contributed by atoms with E-state index in [1.165, 1.54) is 11.1 Å². The molecule has 2 aromatic carbocycles. The zero-order valence-electron chi connectivity index (χ0n) is 18.6. The van der Waals surface area contributed by atoms with Crippen molar-refractivity contribution in [1.82, 2.24) is 10.4 Å². The predicted molar refractivity (Wildman–Crippen MR) is 136 cm³/mol. The van der Waals surface area contributed by atoms with Gasteiger partial charge in [-0.2, -0.15) is 0 Å². The number of pyridine rings is 1. The van der Waals surface area contributed by atoms with Gasteiger partial charge in [-0.25, -0.2) is 10.4 Å². The van der Waals surface area contributed by atoms with Crippen molar-refractivity contribution < 1.29 is 19.4 Å². The molecule has 3 unspecified atom stereocenters. The van der Waals surface area contributed by atoms with Gasteiger partial charge in [0.05, 0.1) is 6.04 Å². The number of nitrogens with one attached hydrogen (secondary N) is 3. The number of carboxylic acid groups (broad SMARTS) is 1. The molecule has 0 spiro atoms. The van der Waals surface area contributed by atoms with E-state index in [2.05, 4.69) is 73.5 Å². The molecule has 3 aromatic rings. The topological polar surface area (TPSA) is 105 Å². The number of halogens is 1. The maximum atomic E-state index is 10.6. The number of hydrazine groups is 1. The van der Waals surface area contributed by atoms with Crippen molar-refractivity contribution in [2.75, 3.05) is 24.1 Å². The lowest BCUT2D eigenvalue weighted by atomic mass is 9.76. The fourth-order valence-electron chi connectivity index (χ4n) is 5.10. The first-order chi connectivity index (χ1) is 17.1. The van der Waals surface area contributed by atoms with E-state index in [9.17, 15) is 4.79 Å². The summed E-state index contributed by atoms with van der Waals surface area (Å²) in [6.07, 6.45) is 7.38. The number of rotatable bonds is 6. The maximum absolute atomic E-state index is 10.6. The predicted octanol–water partition coefficient (Wildman–Crippen LogP) is 5.07. The van der Waals surface area contributed by atoms with Crippen LogP contribution >= 0.6 is 15.9 Å². The Morgan fingerprint density at radius 3 is 2.74 bits per heavy atom. The molecule has 35 heavy (non-hydrogen) atoms. The molecule has 0 fully saturated rings. The summed E-state index contributed by atoms with van der Waals surface area (Å²) in [5.41, 5.74) is 11.1. The van der Waals surface area contributed by atoms with Crippen molar-refractivity contribution in [3.63, 3.8) is 0 Å². The fourth-order valence-corrected chi connectivity index (χ4v) is 5.67. The Bertz CT molecular complexity index is 1330. The van der Waals surface area contributed by atoms with Crippen molar-refractivity contribution in [3.05, 3.63) is 76.4 Å². The minimum atomic E-state index is -0.941. The molecule has 0 saturated carbocycles. The highest BCUT2D eigenvalue weighted by Crippen LogP contribution is 2.52. The molecular formula is C26H23BrN4O4. The van der Waals surface area contributed by atoms with E-state index in [4.69, 9.17) is 14.6 Å². The molecule has 8 nitrogen and oxygen atoms in total. The second kappa shape index (κ2) is 8.90. The first-order valence-electron chi connectivity index (χ1n) is 11.4. The van der Waals surface area contributed by atoms with E-state index in [-0.39, 0.29) is 19.4 Å². The number of hydrogen-bond donors (Lipinski definition) is 4. The van der Waals surface area contributed by atoms with Gasteiger partial charge in [0, 0.05) is 27.8 Å². The van der Waals surface area contributed by atoms with Crippen LogP contribution in [0.5, 0.6) is 11.5 Å². The smallest absolute Gasteiger partial charge is 0.319 e. The van der Waals surface area contributed by atoms with Gasteiger partial charge in [-0.1, -0.05) is 34.1 Å². The number of benzene rings is 2. The highest BCUT2D eigenvalue weighted by Gasteiger charge is 2.39. The number of fused-ring (bicyclic) bond motifs is 4. The summed E-state index contributed by atoms with van der Waals surface area (Å²) >= 11 is 3.75. The van der Waals surface area contributed by atoms with Gasteiger partial charge in [0.2, 0.25) is 6.79 Å². The van der Waals surface area contributed by atoms with E-state index in [1.54, 1.807) is 6.20 Å². The lowest BCUT2D eigenvalue weighted by molar-refractivity contribution is -0.135. The summed E-state index contributed by atoms with van der Waals surface area (Å²) in [4.78, 5) is 15.0. The fraction of sp³-hybridized carbons (Fsp3) is 0.231. The van der Waals surface area contributed by atoms with Crippen LogP contribution in [0.4, 0.5) is 11.5 Å². The number of anilines is 2. The molecule has 3 aliphatic rings.